The highest BCUT2D eigenvalue weighted by molar-refractivity contribution is 5.82. The second-order valence-electron chi connectivity index (χ2n) is 5.40. The number of carbonyl (C=O) groups is 3. The first-order valence-electron chi connectivity index (χ1n) is 6.41. The number of ketones is 3. The van der Waals surface area contributed by atoms with Gasteiger partial charge in [-0.25, -0.2) is 0 Å². The molecule has 0 aromatic heterocycles. The molecule has 1 saturated carbocycles. The highest BCUT2D eigenvalue weighted by Crippen LogP contribution is 2.39. The van der Waals surface area contributed by atoms with E-state index in [0.717, 1.165) is 19.3 Å². The van der Waals surface area contributed by atoms with Crippen LogP contribution in [0.15, 0.2) is 0 Å². The molecule has 0 heterocycles. The van der Waals surface area contributed by atoms with Gasteiger partial charge >= 0.3 is 0 Å². The molecule has 1 aliphatic carbocycles. The summed E-state index contributed by atoms with van der Waals surface area (Å²) < 4.78 is 0. The molecule has 0 spiro atoms. The Morgan fingerprint density at radius 3 is 1.59 bits per heavy atom. The van der Waals surface area contributed by atoms with E-state index in [9.17, 15) is 14.4 Å². The standard InChI is InChI=1S/C14H22O3/c1-9(15)7-12-5-4-6-13(8-10(2)16)14(12)11(3)17/h12-14H,4-8H2,1-3H3/t12-,13+,14?. The second-order valence-corrected chi connectivity index (χ2v) is 5.40. The van der Waals surface area contributed by atoms with Crippen molar-refractivity contribution in [2.24, 2.45) is 17.8 Å². The van der Waals surface area contributed by atoms with Crippen LogP contribution in [0.25, 0.3) is 0 Å². The molecule has 3 heteroatoms. The van der Waals surface area contributed by atoms with E-state index in [1.54, 1.807) is 20.8 Å². The van der Waals surface area contributed by atoms with E-state index in [-0.39, 0.29) is 35.1 Å². The van der Waals surface area contributed by atoms with Gasteiger partial charge in [0.25, 0.3) is 0 Å². The average molecular weight is 238 g/mol. The zero-order valence-electron chi connectivity index (χ0n) is 11.0. The maximum Gasteiger partial charge on any atom is 0.133 e. The summed E-state index contributed by atoms with van der Waals surface area (Å²) in [7, 11) is 0. The number of rotatable bonds is 5. The van der Waals surface area contributed by atoms with Crippen LogP contribution < -0.4 is 0 Å². The highest BCUT2D eigenvalue weighted by Gasteiger charge is 2.37. The maximum absolute atomic E-state index is 11.8. The number of Topliss-reactive ketones (excluding diaryl/α,β-unsaturated/α-hetero) is 3. The first-order chi connectivity index (χ1) is 7.91. The van der Waals surface area contributed by atoms with Crippen LogP contribution in [0.4, 0.5) is 0 Å². The zero-order valence-corrected chi connectivity index (χ0v) is 11.0. The van der Waals surface area contributed by atoms with Gasteiger partial charge in [-0.3, -0.25) is 4.79 Å². The summed E-state index contributed by atoms with van der Waals surface area (Å²) in [6.07, 6.45) is 3.88. The molecule has 3 atom stereocenters. The van der Waals surface area contributed by atoms with Crippen LogP contribution in [0, 0.1) is 17.8 Å². The molecular weight excluding hydrogens is 216 g/mol. The number of carbonyl (C=O) groups excluding carboxylic acids is 3. The van der Waals surface area contributed by atoms with Crippen molar-refractivity contribution in [3.63, 3.8) is 0 Å². The van der Waals surface area contributed by atoms with Gasteiger partial charge in [0, 0.05) is 18.8 Å². The molecule has 96 valence electrons. The van der Waals surface area contributed by atoms with Gasteiger partial charge in [0.2, 0.25) is 0 Å². The summed E-state index contributed by atoms with van der Waals surface area (Å²) in [6.45, 7) is 4.74. The third-order valence-electron chi connectivity index (χ3n) is 3.73. The van der Waals surface area contributed by atoms with Crippen LogP contribution in [0.5, 0.6) is 0 Å². The predicted molar refractivity (Wildman–Crippen MR) is 65.6 cm³/mol. The lowest BCUT2D eigenvalue weighted by atomic mass is 9.67. The molecule has 0 aromatic carbocycles. The fourth-order valence-corrected chi connectivity index (χ4v) is 3.25. The fraction of sp³-hybridized carbons (Fsp3) is 0.786. The lowest BCUT2D eigenvalue weighted by molar-refractivity contribution is -0.128. The molecule has 1 fully saturated rings. The lowest BCUT2D eigenvalue weighted by Gasteiger charge is -2.36. The van der Waals surface area contributed by atoms with E-state index in [0.29, 0.717) is 12.8 Å². The summed E-state index contributed by atoms with van der Waals surface area (Å²) in [4.78, 5) is 34.2. The van der Waals surface area contributed by atoms with Crippen molar-refractivity contribution < 1.29 is 14.4 Å². The van der Waals surface area contributed by atoms with Crippen molar-refractivity contribution in [2.75, 3.05) is 0 Å². The van der Waals surface area contributed by atoms with Crippen LogP contribution >= 0.6 is 0 Å². The summed E-state index contributed by atoms with van der Waals surface area (Å²) in [5, 5.41) is 0. The first kappa shape index (κ1) is 14.1. The summed E-state index contributed by atoms with van der Waals surface area (Å²) in [5.74, 6) is 0.652. The monoisotopic (exact) mass is 238 g/mol. The molecule has 0 radical (unpaired) electrons. The van der Waals surface area contributed by atoms with Gasteiger partial charge in [0.1, 0.15) is 17.3 Å². The summed E-state index contributed by atoms with van der Waals surface area (Å²) >= 11 is 0. The van der Waals surface area contributed by atoms with Crippen molar-refractivity contribution in [2.45, 2.75) is 52.9 Å². The Kier molecular flexibility index (Phi) is 5.03. The van der Waals surface area contributed by atoms with E-state index in [1.807, 2.05) is 0 Å². The summed E-state index contributed by atoms with van der Waals surface area (Å²) in [6, 6.07) is 0. The number of hydrogen-bond acceptors (Lipinski definition) is 3. The Bertz CT molecular complexity index is 295. The normalized spacial score (nSPS) is 28.8. The zero-order chi connectivity index (χ0) is 13.0. The minimum atomic E-state index is -0.0865. The van der Waals surface area contributed by atoms with Gasteiger partial charge in [-0.2, -0.15) is 0 Å². The minimum Gasteiger partial charge on any atom is -0.300 e. The van der Waals surface area contributed by atoms with Crippen LogP contribution in [-0.2, 0) is 14.4 Å². The van der Waals surface area contributed by atoms with Crippen molar-refractivity contribution in [3.05, 3.63) is 0 Å². The molecular formula is C14H22O3. The van der Waals surface area contributed by atoms with Crippen molar-refractivity contribution >= 4 is 17.3 Å². The number of hydrogen-bond donors (Lipinski definition) is 0. The fourth-order valence-electron chi connectivity index (χ4n) is 3.25. The van der Waals surface area contributed by atoms with E-state index >= 15 is 0 Å². The molecule has 1 aliphatic rings. The van der Waals surface area contributed by atoms with E-state index < -0.39 is 0 Å². The van der Waals surface area contributed by atoms with Gasteiger partial charge in [0.05, 0.1) is 0 Å². The highest BCUT2D eigenvalue weighted by atomic mass is 16.1. The quantitative estimate of drug-likeness (QED) is 0.739. The molecule has 0 saturated heterocycles. The molecule has 0 amide bonds. The van der Waals surface area contributed by atoms with Crippen LogP contribution in [0.3, 0.4) is 0 Å². The van der Waals surface area contributed by atoms with Gasteiger partial charge in [0.15, 0.2) is 0 Å². The topological polar surface area (TPSA) is 51.2 Å². The van der Waals surface area contributed by atoms with Gasteiger partial charge in [-0.1, -0.05) is 6.42 Å². The van der Waals surface area contributed by atoms with Crippen molar-refractivity contribution in [1.29, 1.82) is 0 Å². The Morgan fingerprint density at radius 1 is 0.882 bits per heavy atom. The molecule has 0 aromatic rings. The summed E-state index contributed by atoms with van der Waals surface area (Å²) in [5.41, 5.74) is 0. The average Bonchev–Trinajstić information content (AvgIpc) is 2.14. The largest absolute Gasteiger partial charge is 0.300 e. The third kappa shape index (κ3) is 4.06. The molecule has 0 bridgehead atoms. The third-order valence-corrected chi connectivity index (χ3v) is 3.73. The Labute approximate surface area is 103 Å². The van der Waals surface area contributed by atoms with Crippen LogP contribution in [0.2, 0.25) is 0 Å². The molecule has 0 aliphatic heterocycles. The molecule has 0 N–H and O–H groups in total. The Morgan fingerprint density at radius 2 is 1.29 bits per heavy atom. The molecule has 1 unspecified atom stereocenters. The van der Waals surface area contributed by atoms with Gasteiger partial charge in [-0.05, 0) is 45.4 Å². The molecule has 1 rings (SSSR count). The SMILES string of the molecule is CC(=O)C[C@H]1CCC[C@@H](CC(C)=O)C1C(C)=O. The first-order valence-corrected chi connectivity index (χ1v) is 6.41. The van der Waals surface area contributed by atoms with E-state index in [4.69, 9.17) is 0 Å². The molecule has 17 heavy (non-hydrogen) atoms. The second kappa shape index (κ2) is 6.08. The minimum absolute atomic E-state index is 0.0865. The molecule has 3 nitrogen and oxygen atoms in total. The van der Waals surface area contributed by atoms with E-state index in [2.05, 4.69) is 0 Å². The predicted octanol–water partition coefficient (Wildman–Crippen LogP) is 2.57. The smallest absolute Gasteiger partial charge is 0.133 e. The van der Waals surface area contributed by atoms with E-state index in [1.165, 1.54) is 0 Å². The van der Waals surface area contributed by atoms with Gasteiger partial charge in [-0.15, -0.1) is 0 Å². The van der Waals surface area contributed by atoms with Crippen LogP contribution in [0.1, 0.15) is 52.9 Å². The van der Waals surface area contributed by atoms with Gasteiger partial charge < -0.3 is 9.59 Å². The maximum atomic E-state index is 11.8. The lowest BCUT2D eigenvalue weighted by Crippen LogP contribution is -2.35. The van der Waals surface area contributed by atoms with Crippen molar-refractivity contribution in [1.82, 2.24) is 0 Å². The van der Waals surface area contributed by atoms with Crippen molar-refractivity contribution in [3.8, 4) is 0 Å². The Balaban J connectivity index is 2.79. The Hall–Kier alpha value is -0.990. The van der Waals surface area contributed by atoms with Crippen LogP contribution in [-0.4, -0.2) is 17.3 Å².